The van der Waals surface area contributed by atoms with Gasteiger partial charge in [0, 0.05) is 12.6 Å². The topological polar surface area (TPSA) is 29.9 Å². The largest absolute Gasteiger partial charge is 0.326 e. The summed E-state index contributed by atoms with van der Waals surface area (Å²) in [5.41, 5.74) is 2.29. The predicted molar refractivity (Wildman–Crippen MR) is 67.5 cm³/mol. The van der Waals surface area contributed by atoms with E-state index in [4.69, 9.17) is 0 Å². The second kappa shape index (κ2) is 4.66. The third kappa shape index (κ3) is 1.95. The van der Waals surface area contributed by atoms with Gasteiger partial charge in [0.05, 0.1) is 17.4 Å². The molecular weight excluding hydrogens is 198 g/mol. The third-order valence-electron chi connectivity index (χ3n) is 3.02. The first kappa shape index (κ1) is 11.1. The van der Waals surface area contributed by atoms with Crippen molar-refractivity contribution in [2.24, 2.45) is 5.92 Å². The summed E-state index contributed by atoms with van der Waals surface area (Å²) in [6.45, 7) is 5.46. The van der Waals surface area contributed by atoms with Crippen molar-refractivity contribution in [1.29, 1.82) is 0 Å². The van der Waals surface area contributed by atoms with E-state index in [1.165, 1.54) is 5.52 Å². The van der Waals surface area contributed by atoms with E-state index < -0.39 is 0 Å². The number of likely N-dealkylation sites (N-methyl/N-ethyl adjacent to an activating group) is 1. The van der Waals surface area contributed by atoms with Crippen LogP contribution in [0.3, 0.4) is 0 Å². The van der Waals surface area contributed by atoms with Crippen LogP contribution in [0.4, 0.5) is 0 Å². The predicted octanol–water partition coefficient (Wildman–Crippen LogP) is 2.45. The first-order chi connectivity index (χ1) is 7.74. The van der Waals surface area contributed by atoms with Crippen LogP contribution in [-0.2, 0) is 0 Å². The summed E-state index contributed by atoms with van der Waals surface area (Å²) in [4.78, 5) is 4.44. The maximum Gasteiger partial charge on any atom is 0.0961 e. The Labute approximate surface area is 96.5 Å². The molecule has 1 unspecified atom stereocenters. The average Bonchev–Trinajstić information content (AvgIpc) is 2.69. The smallest absolute Gasteiger partial charge is 0.0961 e. The Kier molecular flexibility index (Phi) is 3.25. The van der Waals surface area contributed by atoms with Crippen LogP contribution in [0.25, 0.3) is 11.0 Å². The molecule has 0 aliphatic rings. The number of fused-ring (bicyclic) bond motifs is 1. The van der Waals surface area contributed by atoms with Crippen LogP contribution >= 0.6 is 0 Å². The highest BCUT2D eigenvalue weighted by atomic mass is 15.1. The molecule has 2 rings (SSSR count). The van der Waals surface area contributed by atoms with Crippen LogP contribution < -0.4 is 5.32 Å². The molecule has 0 fully saturated rings. The van der Waals surface area contributed by atoms with Crippen LogP contribution in [0.1, 0.15) is 19.9 Å². The lowest BCUT2D eigenvalue weighted by Gasteiger charge is -2.22. The highest BCUT2D eigenvalue weighted by molar-refractivity contribution is 5.75. The molecule has 0 radical (unpaired) electrons. The van der Waals surface area contributed by atoms with Gasteiger partial charge in [-0.25, -0.2) is 4.98 Å². The molecule has 0 saturated heterocycles. The summed E-state index contributed by atoms with van der Waals surface area (Å²) in [5, 5.41) is 3.25. The average molecular weight is 217 g/mol. The number of aromatic nitrogens is 2. The second-order valence-corrected chi connectivity index (χ2v) is 4.51. The van der Waals surface area contributed by atoms with Crippen LogP contribution in [0.15, 0.2) is 30.6 Å². The number of hydrogen-bond donors (Lipinski definition) is 1. The Bertz CT molecular complexity index is 459. The van der Waals surface area contributed by atoms with Crippen molar-refractivity contribution in [3.63, 3.8) is 0 Å². The van der Waals surface area contributed by atoms with Gasteiger partial charge < -0.3 is 9.88 Å². The van der Waals surface area contributed by atoms with Gasteiger partial charge in [0.25, 0.3) is 0 Å². The van der Waals surface area contributed by atoms with Crippen LogP contribution in [0, 0.1) is 5.92 Å². The zero-order valence-electron chi connectivity index (χ0n) is 10.1. The Morgan fingerprint density at radius 2 is 2.06 bits per heavy atom. The molecule has 0 bridgehead atoms. The molecule has 1 N–H and O–H groups in total. The van der Waals surface area contributed by atoms with Gasteiger partial charge in [0.1, 0.15) is 0 Å². The van der Waals surface area contributed by atoms with Crippen molar-refractivity contribution in [1.82, 2.24) is 14.9 Å². The molecule has 3 heteroatoms. The lowest BCUT2D eigenvalue weighted by atomic mass is 10.0. The van der Waals surface area contributed by atoms with E-state index in [1.807, 2.05) is 19.4 Å². The van der Waals surface area contributed by atoms with Crippen LogP contribution in [-0.4, -0.2) is 23.1 Å². The summed E-state index contributed by atoms with van der Waals surface area (Å²) >= 11 is 0. The lowest BCUT2D eigenvalue weighted by Crippen LogP contribution is -2.26. The third-order valence-corrected chi connectivity index (χ3v) is 3.02. The highest BCUT2D eigenvalue weighted by Crippen LogP contribution is 2.22. The summed E-state index contributed by atoms with van der Waals surface area (Å²) in [5.74, 6) is 0.588. The Morgan fingerprint density at radius 3 is 2.75 bits per heavy atom. The van der Waals surface area contributed by atoms with E-state index in [0.717, 1.165) is 12.1 Å². The number of hydrogen-bond acceptors (Lipinski definition) is 2. The number of rotatable bonds is 4. The summed E-state index contributed by atoms with van der Waals surface area (Å²) in [7, 11) is 1.99. The van der Waals surface area contributed by atoms with Gasteiger partial charge in [-0.1, -0.05) is 26.0 Å². The number of nitrogens with zero attached hydrogens (tertiary/aromatic N) is 2. The minimum Gasteiger partial charge on any atom is -0.326 e. The van der Waals surface area contributed by atoms with Gasteiger partial charge in [-0.05, 0) is 25.1 Å². The summed E-state index contributed by atoms with van der Waals surface area (Å²) < 4.78 is 2.27. The normalized spacial score (nSPS) is 13.5. The quantitative estimate of drug-likeness (QED) is 0.852. The van der Waals surface area contributed by atoms with E-state index in [9.17, 15) is 0 Å². The van der Waals surface area contributed by atoms with Crippen molar-refractivity contribution >= 4 is 11.0 Å². The van der Waals surface area contributed by atoms with E-state index in [2.05, 4.69) is 46.9 Å². The monoisotopic (exact) mass is 217 g/mol. The fourth-order valence-electron chi connectivity index (χ4n) is 2.11. The molecule has 16 heavy (non-hydrogen) atoms. The molecule has 3 nitrogen and oxygen atoms in total. The second-order valence-electron chi connectivity index (χ2n) is 4.51. The Morgan fingerprint density at radius 1 is 1.31 bits per heavy atom. The van der Waals surface area contributed by atoms with Gasteiger partial charge in [0.2, 0.25) is 0 Å². The number of imidazole rings is 1. The molecule has 1 aromatic heterocycles. The minimum absolute atomic E-state index is 0.456. The van der Waals surface area contributed by atoms with E-state index in [-0.39, 0.29) is 0 Å². The molecule has 1 heterocycles. The summed E-state index contributed by atoms with van der Waals surface area (Å²) in [6, 6.07) is 8.74. The zero-order chi connectivity index (χ0) is 11.5. The SMILES string of the molecule is CNCC(C(C)C)n1cnc2ccccc21. The molecule has 0 aliphatic heterocycles. The first-order valence-corrected chi connectivity index (χ1v) is 5.80. The minimum atomic E-state index is 0.456. The molecule has 0 spiro atoms. The van der Waals surface area contributed by atoms with Gasteiger partial charge in [0.15, 0.2) is 0 Å². The molecular formula is C13H19N3. The van der Waals surface area contributed by atoms with E-state index >= 15 is 0 Å². The zero-order valence-corrected chi connectivity index (χ0v) is 10.1. The maximum atomic E-state index is 4.44. The van der Waals surface area contributed by atoms with Gasteiger partial charge >= 0.3 is 0 Å². The molecule has 0 amide bonds. The molecule has 1 aromatic carbocycles. The molecule has 0 aliphatic carbocycles. The first-order valence-electron chi connectivity index (χ1n) is 5.80. The van der Waals surface area contributed by atoms with Gasteiger partial charge in [-0.2, -0.15) is 0 Å². The lowest BCUT2D eigenvalue weighted by molar-refractivity contribution is 0.373. The number of benzene rings is 1. The van der Waals surface area contributed by atoms with Crippen molar-refractivity contribution in [3.8, 4) is 0 Å². The van der Waals surface area contributed by atoms with E-state index in [1.54, 1.807) is 0 Å². The fourth-order valence-corrected chi connectivity index (χ4v) is 2.11. The number of para-hydroxylation sites is 2. The molecule has 86 valence electrons. The van der Waals surface area contributed by atoms with Crippen LogP contribution in [0.5, 0.6) is 0 Å². The van der Waals surface area contributed by atoms with Crippen molar-refractivity contribution in [3.05, 3.63) is 30.6 Å². The van der Waals surface area contributed by atoms with Gasteiger partial charge in [-0.15, -0.1) is 0 Å². The Hall–Kier alpha value is -1.35. The Balaban J connectivity index is 2.44. The van der Waals surface area contributed by atoms with Gasteiger partial charge in [-0.3, -0.25) is 0 Å². The van der Waals surface area contributed by atoms with Crippen molar-refractivity contribution in [2.75, 3.05) is 13.6 Å². The van der Waals surface area contributed by atoms with E-state index in [0.29, 0.717) is 12.0 Å². The maximum absolute atomic E-state index is 4.44. The van der Waals surface area contributed by atoms with Crippen molar-refractivity contribution in [2.45, 2.75) is 19.9 Å². The summed E-state index contributed by atoms with van der Waals surface area (Å²) in [6.07, 6.45) is 1.95. The molecule has 1 atom stereocenters. The fraction of sp³-hybridized carbons (Fsp3) is 0.462. The molecule has 2 aromatic rings. The molecule has 0 saturated carbocycles. The standard InChI is InChI=1S/C13H19N3/c1-10(2)13(8-14-3)16-9-15-11-6-4-5-7-12(11)16/h4-7,9-10,13-14H,8H2,1-3H3. The number of nitrogens with one attached hydrogen (secondary N) is 1. The highest BCUT2D eigenvalue weighted by Gasteiger charge is 2.16. The van der Waals surface area contributed by atoms with Crippen LogP contribution in [0.2, 0.25) is 0 Å². The van der Waals surface area contributed by atoms with Crippen molar-refractivity contribution < 1.29 is 0 Å².